The molecule has 5 nitrogen and oxygen atoms in total. The normalized spacial score (nSPS) is 14.7. The highest BCUT2D eigenvalue weighted by Gasteiger charge is 2.30. The molecule has 1 unspecified atom stereocenters. The van der Waals surface area contributed by atoms with E-state index in [4.69, 9.17) is 0 Å². The highest BCUT2D eigenvalue weighted by Crippen LogP contribution is 2.30. The summed E-state index contributed by atoms with van der Waals surface area (Å²) >= 11 is 0. The maximum Gasteiger partial charge on any atom is 0.244 e. The number of likely N-dealkylation sites (N-methyl/N-ethyl adjacent to an activating group) is 1. The summed E-state index contributed by atoms with van der Waals surface area (Å²) in [6, 6.07) is 10.6. The number of aromatic nitrogens is 1. The van der Waals surface area contributed by atoms with Crippen molar-refractivity contribution in [3.63, 3.8) is 0 Å². The number of hydrogen-bond donors (Lipinski definition) is 0. The van der Waals surface area contributed by atoms with Crippen LogP contribution in [0.2, 0.25) is 0 Å². The molecule has 1 aromatic carbocycles. The second-order valence-corrected chi connectivity index (χ2v) is 9.05. The maximum absolute atomic E-state index is 13.6. The average molecular weight is 427 g/mol. The van der Waals surface area contributed by atoms with E-state index in [1.807, 2.05) is 37.3 Å². The van der Waals surface area contributed by atoms with E-state index in [1.54, 1.807) is 17.0 Å². The predicted octanol–water partition coefficient (Wildman–Crippen LogP) is 4.72. The van der Waals surface area contributed by atoms with Crippen LogP contribution in [-0.2, 0) is 11.3 Å². The lowest BCUT2D eigenvalue weighted by Crippen LogP contribution is -2.46. The Bertz CT molecular complexity index is 847. The molecule has 1 saturated carbocycles. The van der Waals surface area contributed by atoms with Crippen LogP contribution in [0.15, 0.2) is 42.6 Å². The van der Waals surface area contributed by atoms with Gasteiger partial charge in [-0.2, -0.15) is 0 Å². The van der Waals surface area contributed by atoms with Gasteiger partial charge >= 0.3 is 0 Å². The molecule has 1 aliphatic carbocycles. The number of rotatable bonds is 10. The van der Waals surface area contributed by atoms with E-state index >= 15 is 0 Å². The number of hydrogen-bond acceptors (Lipinski definition) is 4. The lowest BCUT2D eigenvalue weighted by molar-refractivity contribution is -0.123. The van der Waals surface area contributed by atoms with Gasteiger partial charge < -0.3 is 9.80 Å². The molecule has 0 radical (unpaired) electrons. The minimum atomic E-state index is -0.312. The Morgan fingerprint density at radius 1 is 1.13 bits per heavy atom. The zero-order chi connectivity index (χ0) is 22.5. The molecule has 6 heteroatoms. The number of carbonyl (C=O) groups is 1. The molecule has 0 spiro atoms. The first-order valence-corrected chi connectivity index (χ1v) is 11.2. The highest BCUT2D eigenvalue weighted by molar-refractivity contribution is 5.97. The molecule has 1 heterocycles. The third-order valence-corrected chi connectivity index (χ3v) is 5.78. The quantitative estimate of drug-likeness (QED) is 0.551. The van der Waals surface area contributed by atoms with Gasteiger partial charge in [-0.1, -0.05) is 19.9 Å². The summed E-state index contributed by atoms with van der Waals surface area (Å²) in [7, 11) is 3.86. The van der Waals surface area contributed by atoms with E-state index in [0.29, 0.717) is 24.2 Å². The van der Waals surface area contributed by atoms with Crippen molar-refractivity contribution in [2.75, 3.05) is 30.4 Å². The number of carbonyl (C=O) groups excluding carboxylic acids is 1. The Morgan fingerprint density at radius 3 is 2.29 bits per heavy atom. The summed E-state index contributed by atoms with van der Waals surface area (Å²) in [6.07, 6.45) is 5.07. The molecule has 0 aliphatic heterocycles. The third kappa shape index (κ3) is 6.03. The zero-order valence-electron chi connectivity index (χ0n) is 19.4. The highest BCUT2D eigenvalue weighted by atomic mass is 19.1. The first kappa shape index (κ1) is 23.2. The van der Waals surface area contributed by atoms with E-state index in [1.165, 1.54) is 25.0 Å². The second kappa shape index (κ2) is 10.2. The first-order chi connectivity index (χ1) is 14.8. The fraction of sp³-hybridized carbons (Fsp3) is 0.520. The smallest absolute Gasteiger partial charge is 0.244 e. The molecule has 1 fully saturated rings. The number of pyridine rings is 1. The molecule has 0 saturated heterocycles. The van der Waals surface area contributed by atoms with Crippen molar-refractivity contribution in [3.05, 3.63) is 54.0 Å². The summed E-state index contributed by atoms with van der Waals surface area (Å²) in [6.45, 7) is 7.73. The van der Waals surface area contributed by atoms with Crippen LogP contribution in [0, 0.1) is 11.7 Å². The van der Waals surface area contributed by atoms with Gasteiger partial charge in [0.15, 0.2) is 0 Å². The van der Waals surface area contributed by atoms with E-state index < -0.39 is 0 Å². The molecule has 0 N–H and O–H groups in total. The lowest BCUT2D eigenvalue weighted by Gasteiger charge is -2.32. The Hall–Kier alpha value is -2.47. The number of halogens is 1. The molecule has 2 aromatic rings. The van der Waals surface area contributed by atoms with Gasteiger partial charge in [-0.3, -0.25) is 9.69 Å². The van der Waals surface area contributed by atoms with Gasteiger partial charge in [0.25, 0.3) is 0 Å². The van der Waals surface area contributed by atoms with Crippen molar-refractivity contribution in [3.8, 4) is 0 Å². The topological polar surface area (TPSA) is 39.7 Å². The molecule has 168 valence electrons. The van der Waals surface area contributed by atoms with Crippen LogP contribution in [0.1, 0.15) is 45.6 Å². The van der Waals surface area contributed by atoms with E-state index in [9.17, 15) is 9.18 Å². The molecule has 1 aliphatic rings. The number of benzene rings is 1. The predicted molar refractivity (Wildman–Crippen MR) is 125 cm³/mol. The Kier molecular flexibility index (Phi) is 7.65. The second-order valence-electron chi connectivity index (χ2n) is 9.05. The van der Waals surface area contributed by atoms with Crippen molar-refractivity contribution in [2.24, 2.45) is 5.92 Å². The molecule has 3 rings (SSSR count). The van der Waals surface area contributed by atoms with Gasteiger partial charge in [-0.05, 0) is 82.1 Å². The minimum Gasteiger partial charge on any atom is -0.354 e. The van der Waals surface area contributed by atoms with Gasteiger partial charge in [-0.15, -0.1) is 0 Å². The summed E-state index contributed by atoms with van der Waals surface area (Å²) in [5.41, 5.74) is 1.65. The van der Waals surface area contributed by atoms with Gasteiger partial charge in [0.2, 0.25) is 5.91 Å². The monoisotopic (exact) mass is 426 g/mol. The van der Waals surface area contributed by atoms with Gasteiger partial charge in [-0.25, -0.2) is 9.37 Å². The van der Waals surface area contributed by atoms with Crippen molar-refractivity contribution in [1.82, 2.24) is 9.88 Å². The summed E-state index contributed by atoms with van der Waals surface area (Å²) in [5.74, 6) is 1.07. The van der Waals surface area contributed by atoms with Gasteiger partial charge in [0.05, 0.1) is 12.6 Å². The van der Waals surface area contributed by atoms with Crippen LogP contribution in [-0.4, -0.2) is 48.5 Å². The summed E-state index contributed by atoms with van der Waals surface area (Å²) in [4.78, 5) is 24.3. The van der Waals surface area contributed by atoms with Crippen LogP contribution < -0.4 is 9.80 Å². The fourth-order valence-electron chi connectivity index (χ4n) is 3.93. The SMILES string of the molecule is CCN(c1ccc(CN(C(=O)C(CC(C)C)N(C)C)c2ccc(F)cc2)cn1)C1CC1. The van der Waals surface area contributed by atoms with Gasteiger partial charge in [0.1, 0.15) is 11.6 Å². The molecule has 0 bridgehead atoms. The van der Waals surface area contributed by atoms with Crippen LogP contribution in [0.25, 0.3) is 0 Å². The van der Waals surface area contributed by atoms with Crippen LogP contribution in [0.3, 0.4) is 0 Å². The van der Waals surface area contributed by atoms with Crippen LogP contribution >= 0.6 is 0 Å². The van der Waals surface area contributed by atoms with Crippen molar-refractivity contribution < 1.29 is 9.18 Å². The zero-order valence-corrected chi connectivity index (χ0v) is 19.4. The minimum absolute atomic E-state index is 0.0162. The molecular formula is C25H35FN4O. The standard InChI is InChI=1S/C25H35FN4O/c1-6-29(21-12-13-21)24-14-7-19(16-27-24)17-30(22-10-8-20(26)9-11-22)25(31)23(28(4)5)15-18(2)3/h7-11,14,16,18,21,23H,6,12-13,15,17H2,1-5H3. The van der Waals surface area contributed by atoms with E-state index in [-0.39, 0.29) is 17.8 Å². The molecule has 31 heavy (non-hydrogen) atoms. The van der Waals surface area contributed by atoms with Crippen molar-refractivity contribution >= 4 is 17.4 Å². The van der Waals surface area contributed by atoms with Crippen molar-refractivity contribution in [2.45, 2.75) is 58.7 Å². The summed E-state index contributed by atoms with van der Waals surface area (Å²) < 4.78 is 13.5. The number of anilines is 2. The van der Waals surface area contributed by atoms with Gasteiger partial charge in [0, 0.05) is 24.5 Å². The maximum atomic E-state index is 13.6. The molecule has 1 amide bonds. The Morgan fingerprint density at radius 2 is 1.81 bits per heavy atom. The summed E-state index contributed by atoms with van der Waals surface area (Å²) in [5, 5.41) is 0. The number of nitrogens with zero attached hydrogens (tertiary/aromatic N) is 4. The van der Waals surface area contributed by atoms with E-state index in [0.717, 1.165) is 24.3 Å². The lowest BCUT2D eigenvalue weighted by atomic mass is 10.0. The largest absolute Gasteiger partial charge is 0.354 e. The average Bonchev–Trinajstić information content (AvgIpc) is 3.57. The Balaban J connectivity index is 1.85. The number of amides is 1. The third-order valence-electron chi connectivity index (χ3n) is 5.78. The van der Waals surface area contributed by atoms with Crippen LogP contribution in [0.4, 0.5) is 15.9 Å². The van der Waals surface area contributed by atoms with Crippen LogP contribution in [0.5, 0.6) is 0 Å². The molecular weight excluding hydrogens is 391 g/mol. The molecule has 1 atom stereocenters. The Labute approximate surface area is 185 Å². The fourth-order valence-corrected chi connectivity index (χ4v) is 3.93. The first-order valence-electron chi connectivity index (χ1n) is 11.2. The van der Waals surface area contributed by atoms with Crippen molar-refractivity contribution in [1.29, 1.82) is 0 Å². The van der Waals surface area contributed by atoms with E-state index in [2.05, 4.69) is 30.7 Å². The molecule has 1 aromatic heterocycles.